The van der Waals surface area contributed by atoms with Crippen LogP contribution < -0.4 is 10.2 Å². The van der Waals surface area contributed by atoms with Crippen molar-refractivity contribution in [2.75, 3.05) is 43.4 Å². The van der Waals surface area contributed by atoms with Gasteiger partial charge in [-0.3, -0.25) is 0 Å². The first-order valence-corrected chi connectivity index (χ1v) is 7.87. The van der Waals surface area contributed by atoms with Gasteiger partial charge in [0, 0.05) is 44.5 Å². The highest BCUT2D eigenvalue weighted by Crippen LogP contribution is 2.17. The first kappa shape index (κ1) is 15.7. The van der Waals surface area contributed by atoms with Gasteiger partial charge in [-0.2, -0.15) is 4.98 Å². The lowest BCUT2D eigenvalue weighted by Crippen LogP contribution is -2.44. The van der Waals surface area contributed by atoms with Gasteiger partial charge in [0.15, 0.2) is 0 Å². The van der Waals surface area contributed by atoms with Gasteiger partial charge in [-0.15, -0.1) is 0 Å². The number of aryl methyl sites for hydroxylation is 1. The smallest absolute Gasteiger partial charge is 0.225 e. The van der Waals surface area contributed by atoms with Crippen LogP contribution in [0.3, 0.4) is 0 Å². The molecule has 0 amide bonds. The molecule has 1 saturated heterocycles. The number of halogens is 1. The molecule has 3 rings (SSSR count). The summed E-state index contributed by atoms with van der Waals surface area (Å²) in [6.07, 6.45) is 0. The molecule has 1 aromatic carbocycles. The standard InChI is InChI=1S/C17H22FN5/c1-13-11-16(23-9-7-22(2)8-10-23)21-17(20-13)19-12-14-3-5-15(18)6-4-14/h3-6,11H,7-10,12H2,1-2H3,(H,19,20,21). The van der Waals surface area contributed by atoms with E-state index < -0.39 is 0 Å². The van der Waals surface area contributed by atoms with Crippen molar-refractivity contribution in [1.82, 2.24) is 14.9 Å². The summed E-state index contributed by atoms with van der Waals surface area (Å²) in [7, 11) is 2.14. The largest absolute Gasteiger partial charge is 0.354 e. The average Bonchev–Trinajstić information content (AvgIpc) is 2.54. The van der Waals surface area contributed by atoms with Gasteiger partial charge in [0.2, 0.25) is 5.95 Å². The summed E-state index contributed by atoms with van der Waals surface area (Å²) in [4.78, 5) is 13.7. The molecule has 1 aliphatic heterocycles. The van der Waals surface area contributed by atoms with E-state index in [9.17, 15) is 4.39 Å². The highest BCUT2D eigenvalue weighted by molar-refractivity contribution is 5.45. The Morgan fingerprint density at radius 2 is 1.78 bits per heavy atom. The molecule has 0 radical (unpaired) electrons. The van der Waals surface area contributed by atoms with E-state index >= 15 is 0 Å². The van der Waals surface area contributed by atoms with E-state index in [1.54, 1.807) is 12.1 Å². The Bertz CT molecular complexity index is 651. The molecule has 0 bridgehead atoms. The number of aromatic nitrogens is 2. The SMILES string of the molecule is Cc1cc(N2CCN(C)CC2)nc(NCc2ccc(F)cc2)n1. The fourth-order valence-corrected chi connectivity index (χ4v) is 2.61. The molecule has 1 aromatic heterocycles. The Morgan fingerprint density at radius 3 is 2.48 bits per heavy atom. The quantitative estimate of drug-likeness (QED) is 0.938. The van der Waals surface area contributed by atoms with Crippen molar-refractivity contribution in [3.63, 3.8) is 0 Å². The molecule has 6 heteroatoms. The Labute approximate surface area is 136 Å². The number of rotatable bonds is 4. The molecule has 0 unspecified atom stereocenters. The lowest BCUT2D eigenvalue weighted by Gasteiger charge is -2.33. The van der Waals surface area contributed by atoms with Crippen molar-refractivity contribution in [2.24, 2.45) is 0 Å². The predicted octanol–water partition coefficient (Wildman–Crippen LogP) is 2.29. The molecule has 1 N–H and O–H groups in total. The molecule has 23 heavy (non-hydrogen) atoms. The number of anilines is 2. The van der Waals surface area contributed by atoms with Crippen molar-refractivity contribution in [2.45, 2.75) is 13.5 Å². The monoisotopic (exact) mass is 315 g/mol. The number of hydrogen-bond donors (Lipinski definition) is 1. The number of hydrogen-bond acceptors (Lipinski definition) is 5. The third-order valence-corrected chi connectivity index (χ3v) is 4.03. The minimum atomic E-state index is -0.224. The molecule has 0 spiro atoms. The highest BCUT2D eigenvalue weighted by atomic mass is 19.1. The molecule has 1 aliphatic rings. The van der Waals surface area contributed by atoms with Crippen LogP contribution in [0.1, 0.15) is 11.3 Å². The summed E-state index contributed by atoms with van der Waals surface area (Å²) in [5.74, 6) is 1.35. The molecular weight excluding hydrogens is 293 g/mol. The van der Waals surface area contributed by atoms with E-state index in [0.717, 1.165) is 43.3 Å². The first-order valence-electron chi connectivity index (χ1n) is 7.87. The van der Waals surface area contributed by atoms with Gasteiger partial charge in [0.05, 0.1) is 0 Å². The molecule has 0 saturated carbocycles. The Morgan fingerprint density at radius 1 is 1.09 bits per heavy atom. The summed E-state index contributed by atoms with van der Waals surface area (Å²) >= 11 is 0. The number of nitrogens with zero attached hydrogens (tertiary/aromatic N) is 4. The Kier molecular flexibility index (Phi) is 4.71. The maximum atomic E-state index is 12.9. The van der Waals surface area contributed by atoms with Crippen LogP contribution >= 0.6 is 0 Å². The van der Waals surface area contributed by atoms with Crippen molar-refractivity contribution < 1.29 is 4.39 Å². The Balaban J connectivity index is 1.68. The summed E-state index contributed by atoms with van der Waals surface area (Å²) in [5, 5.41) is 3.23. The lowest BCUT2D eigenvalue weighted by atomic mass is 10.2. The van der Waals surface area contributed by atoms with Crippen molar-refractivity contribution >= 4 is 11.8 Å². The number of likely N-dealkylation sites (N-methyl/N-ethyl adjacent to an activating group) is 1. The molecule has 2 heterocycles. The van der Waals surface area contributed by atoms with Crippen LogP contribution in [0.25, 0.3) is 0 Å². The fourth-order valence-electron chi connectivity index (χ4n) is 2.61. The van der Waals surface area contributed by atoms with E-state index in [1.807, 2.05) is 13.0 Å². The van der Waals surface area contributed by atoms with Gasteiger partial charge in [0.1, 0.15) is 11.6 Å². The highest BCUT2D eigenvalue weighted by Gasteiger charge is 2.16. The second-order valence-corrected chi connectivity index (χ2v) is 5.96. The molecule has 2 aromatic rings. The van der Waals surface area contributed by atoms with Gasteiger partial charge in [-0.25, -0.2) is 9.37 Å². The van der Waals surface area contributed by atoms with E-state index in [-0.39, 0.29) is 5.82 Å². The minimum absolute atomic E-state index is 0.224. The second kappa shape index (κ2) is 6.91. The normalized spacial score (nSPS) is 15.7. The second-order valence-electron chi connectivity index (χ2n) is 5.96. The van der Waals surface area contributed by atoms with E-state index in [0.29, 0.717) is 12.5 Å². The predicted molar refractivity (Wildman–Crippen MR) is 90.2 cm³/mol. The third kappa shape index (κ3) is 4.16. The van der Waals surface area contributed by atoms with Gasteiger partial charge < -0.3 is 15.1 Å². The van der Waals surface area contributed by atoms with Crippen LogP contribution in [0.5, 0.6) is 0 Å². The maximum Gasteiger partial charge on any atom is 0.225 e. The maximum absolute atomic E-state index is 12.9. The zero-order valence-electron chi connectivity index (χ0n) is 13.6. The van der Waals surface area contributed by atoms with Gasteiger partial charge in [-0.05, 0) is 31.7 Å². The fraction of sp³-hybridized carbons (Fsp3) is 0.412. The van der Waals surface area contributed by atoms with Crippen LogP contribution in [0.4, 0.5) is 16.2 Å². The Hall–Kier alpha value is -2.21. The van der Waals surface area contributed by atoms with Crippen molar-refractivity contribution in [3.8, 4) is 0 Å². The van der Waals surface area contributed by atoms with Crippen LogP contribution in [0.2, 0.25) is 0 Å². The van der Waals surface area contributed by atoms with Crippen molar-refractivity contribution in [1.29, 1.82) is 0 Å². The average molecular weight is 315 g/mol. The number of piperazine rings is 1. The number of benzene rings is 1. The lowest BCUT2D eigenvalue weighted by molar-refractivity contribution is 0.312. The van der Waals surface area contributed by atoms with Crippen LogP contribution in [0.15, 0.2) is 30.3 Å². The minimum Gasteiger partial charge on any atom is -0.354 e. The molecule has 122 valence electrons. The molecule has 0 atom stereocenters. The summed E-state index contributed by atoms with van der Waals surface area (Å²) < 4.78 is 12.9. The van der Waals surface area contributed by atoms with Gasteiger partial charge in [0.25, 0.3) is 0 Å². The van der Waals surface area contributed by atoms with Crippen LogP contribution in [0, 0.1) is 12.7 Å². The summed E-state index contributed by atoms with van der Waals surface area (Å²) in [6, 6.07) is 8.47. The summed E-state index contributed by atoms with van der Waals surface area (Å²) in [5.41, 5.74) is 1.94. The van der Waals surface area contributed by atoms with E-state index in [2.05, 4.69) is 32.1 Å². The van der Waals surface area contributed by atoms with Crippen molar-refractivity contribution in [3.05, 3.63) is 47.4 Å². The molecule has 1 fully saturated rings. The topological polar surface area (TPSA) is 44.3 Å². The number of nitrogens with one attached hydrogen (secondary N) is 1. The zero-order chi connectivity index (χ0) is 16.2. The van der Waals surface area contributed by atoms with Gasteiger partial charge >= 0.3 is 0 Å². The van der Waals surface area contributed by atoms with E-state index in [4.69, 9.17) is 0 Å². The van der Waals surface area contributed by atoms with Gasteiger partial charge in [-0.1, -0.05) is 12.1 Å². The van der Waals surface area contributed by atoms with E-state index in [1.165, 1.54) is 12.1 Å². The zero-order valence-corrected chi connectivity index (χ0v) is 13.6. The van der Waals surface area contributed by atoms with Crippen LogP contribution in [-0.4, -0.2) is 48.1 Å². The van der Waals surface area contributed by atoms with Crippen LogP contribution in [-0.2, 0) is 6.54 Å². The molecule has 5 nitrogen and oxygen atoms in total. The first-order chi connectivity index (χ1) is 11.1. The molecule has 0 aliphatic carbocycles. The third-order valence-electron chi connectivity index (χ3n) is 4.03. The molecular formula is C17H22FN5. The summed E-state index contributed by atoms with van der Waals surface area (Å²) in [6.45, 7) is 6.59.